The molecule has 1 unspecified atom stereocenters. The summed E-state index contributed by atoms with van der Waals surface area (Å²) in [6.07, 6.45) is 8.11. The standard InChI is InChI=1S/C22H40S/c1-10-12-13-14-17(11-2)15-18-16(3)19(21(4,5)6)23-20(18)22(7,8)9/h17H,10-15H2,1-9H3. The van der Waals surface area contributed by atoms with Crippen molar-refractivity contribution in [1.29, 1.82) is 0 Å². The second kappa shape index (κ2) is 8.19. The van der Waals surface area contributed by atoms with Crippen molar-refractivity contribution >= 4 is 11.3 Å². The largest absolute Gasteiger partial charge is 0.144 e. The topological polar surface area (TPSA) is 0 Å². The lowest BCUT2D eigenvalue weighted by Gasteiger charge is -2.22. The summed E-state index contributed by atoms with van der Waals surface area (Å²) >= 11 is 2.08. The Morgan fingerprint density at radius 1 is 0.870 bits per heavy atom. The van der Waals surface area contributed by atoms with Crippen LogP contribution in [0, 0.1) is 12.8 Å². The molecule has 0 nitrogen and oxygen atoms in total. The molecule has 0 saturated carbocycles. The molecule has 1 aromatic heterocycles. The maximum Gasteiger partial charge on any atom is 0.0137 e. The first-order chi connectivity index (χ1) is 10.5. The summed E-state index contributed by atoms with van der Waals surface area (Å²) in [4.78, 5) is 3.23. The predicted octanol–water partition coefficient (Wildman–Crippen LogP) is 7.80. The third-order valence-corrected chi connectivity index (χ3v) is 7.11. The number of unbranched alkanes of at least 4 members (excludes halogenated alkanes) is 2. The fraction of sp³-hybridized carbons (Fsp3) is 0.818. The van der Waals surface area contributed by atoms with Crippen molar-refractivity contribution in [2.45, 2.75) is 112 Å². The zero-order chi connectivity index (χ0) is 17.8. The molecule has 1 atom stereocenters. The summed E-state index contributed by atoms with van der Waals surface area (Å²) in [7, 11) is 0. The van der Waals surface area contributed by atoms with Gasteiger partial charge in [-0.25, -0.2) is 0 Å². The Hall–Kier alpha value is -0.300. The summed E-state index contributed by atoms with van der Waals surface area (Å²) in [6, 6.07) is 0. The molecule has 0 saturated heterocycles. The molecule has 0 aromatic carbocycles. The first-order valence-corrected chi connectivity index (χ1v) is 10.5. The quantitative estimate of drug-likeness (QED) is 0.445. The molecular formula is C22H40S. The van der Waals surface area contributed by atoms with E-state index in [1.807, 2.05) is 0 Å². The zero-order valence-corrected chi connectivity index (χ0v) is 18.0. The highest BCUT2D eigenvalue weighted by molar-refractivity contribution is 7.12. The van der Waals surface area contributed by atoms with Gasteiger partial charge < -0.3 is 0 Å². The molecular weight excluding hydrogens is 296 g/mol. The number of hydrogen-bond donors (Lipinski definition) is 0. The Labute approximate surface area is 150 Å². The van der Waals surface area contributed by atoms with Crippen molar-refractivity contribution in [1.82, 2.24) is 0 Å². The van der Waals surface area contributed by atoms with Gasteiger partial charge in [0.1, 0.15) is 0 Å². The first-order valence-electron chi connectivity index (χ1n) is 9.65. The van der Waals surface area contributed by atoms with Crippen LogP contribution < -0.4 is 0 Å². The van der Waals surface area contributed by atoms with Crippen LogP contribution in [0.4, 0.5) is 0 Å². The molecule has 0 radical (unpaired) electrons. The second-order valence-corrected chi connectivity index (χ2v) is 10.4. The number of rotatable bonds is 7. The average molecular weight is 337 g/mol. The zero-order valence-electron chi connectivity index (χ0n) is 17.2. The van der Waals surface area contributed by atoms with Crippen LogP contribution in [0.5, 0.6) is 0 Å². The molecule has 1 rings (SSSR count). The van der Waals surface area contributed by atoms with Crippen LogP contribution in [0.1, 0.15) is 108 Å². The molecule has 1 heteroatoms. The van der Waals surface area contributed by atoms with Crippen LogP contribution in [0.2, 0.25) is 0 Å². The van der Waals surface area contributed by atoms with Crippen molar-refractivity contribution in [2.75, 3.05) is 0 Å². The average Bonchev–Trinajstić information content (AvgIpc) is 2.75. The molecule has 0 aliphatic heterocycles. The normalized spacial score (nSPS) is 14.3. The van der Waals surface area contributed by atoms with Gasteiger partial charge in [-0.3, -0.25) is 0 Å². The van der Waals surface area contributed by atoms with E-state index in [1.54, 1.807) is 20.9 Å². The molecule has 134 valence electrons. The lowest BCUT2D eigenvalue weighted by molar-refractivity contribution is 0.438. The van der Waals surface area contributed by atoms with Gasteiger partial charge in [-0.05, 0) is 41.2 Å². The minimum Gasteiger partial charge on any atom is -0.144 e. The summed E-state index contributed by atoms with van der Waals surface area (Å²) < 4.78 is 0. The smallest absolute Gasteiger partial charge is 0.0137 e. The van der Waals surface area contributed by atoms with Crippen LogP contribution >= 0.6 is 11.3 Å². The second-order valence-electron chi connectivity index (χ2n) is 9.34. The van der Waals surface area contributed by atoms with E-state index in [4.69, 9.17) is 0 Å². The van der Waals surface area contributed by atoms with E-state index in [1.165, 1.54) is 38.5 Å². The molecule has 0 N–H and O–H groups in total. The van der Waals surface area contributed by atoms with Gasteiger partial charge in [0, 0.05) is 9.75 Å². The van der Waals surface area contributed by atoms with Crippen molar-refractivity contribution in [3.05, 3.63) is 20.9 Å². The fourth-order valence-electron chi connectivity index (χ4n) is 3.54. The number of hydrogen-bond acceptors (Lipinski definition) is 1. The lowest BCUT2D eigenvalue weighted by Crippen LogP contribution is -2.14. The van der Waals surface area contributed by atoms with E-state index in [0.717, 1.165) is 5.92 Å². The Morgan fingerprint density at radius 2 is 1.43 bits per heavy atom. The minimum atomic E-state index is 0.260. The highest BCUT2D eigenvalue weighted by Crippen LogP contribution is 2.43. The van der Waals surface area contributed by atoms with Gasteiger partial charge in [-0.15, -0.1) is 11.3 Å². The molecule has 0 fully saturated rings. The van der Waals surface area contributed by atoms with Crippen molar-refractivity contribution in [2.24, 2.45) is 5.92 Å². The maximum absolute atomic E-state index is 2.38. The fourth-order valence-corrected chi connectivity index (χ4v) is 4.99. The van der Waals surface area contributed by atoms with E-state index in [0.29, 0.717) is 0 Å². The molecule has 1 heterocycles. The van der Waals surface area contributed by atoms with Gasteiger partial charge >= 0.3 is 0 Å². The van der Waals surface area contributed by atoms with Gasteiger partial charge in [0.15, 0.2) is 0 Å². The maximum atomic E-state index is 2.38. The van der Waals surface area contributed by atoms with Gasteiger partial charge in [-0.2, -0.15) is 0 Å². The highest BCUT2D eigenvalue weighted by Gasteiger charge is 2.29. The van der Waals surface area contributed by atoms with E-state index in [9.17, 15) is 0 Å². The summed E-state index contributed by atoms with van der Waals surface area (Å²) in [6.45, 7) is 21.3. The van der Waals surface area contributed by atoms with Crippen LogP contribution in [-0.2, 0) is 17.3 Å². The minimum absolute atomic E-state index is 0.260. The Balaban J connectivity index is 3.14. The molecule has 0 spiro atoms. The van der Waals surface area contributed by atoms with E-state index >= 15 is 0 Å². The highest BCUT2D eigenvalue weighted by atomic mass is 32.1. The van der Waals surface area contributed by atoms with Gasteiger partial charge in [0.25, 0.3) is 0 Å². The third kappa shape index (κ3) is 5.62. The predicted molar refractivity (Wildman–Crippen MR) is 108 cm³/mol. The van der Waals surface area contributed by atoms with E-state index in [2.05, 4.69) is 73.7 Å². The van der Waals surface area contributed by atoms with Crippen LogP contribution in [0.25, 0.3) is 0 Å². The first kappa shape index (κ1) is 20.7. The third-order valence-electron chi connectivity index (χ3n) is 4.92. The van der Waals surface area contributed by atoms with Crippen molar-refractivity contribution in [3.63, 3.8) is 0 Å². The Morgan fingerprint density at radius 3 is 1.87 bits per heavy atom. The summed E-state index contributed by atoms with van der Waals surface area (Å²) in [5, 5.41) is 0. The number of thiophene rings is 1. The van der Waals surface area contributed by atoms with Crippen molar-refractivity contribution < 1.29 is 0 Å². The molecule has 0 bridgehead atoms. The SMILES string of the molecule is CCCCCC(CC)Cc1c(C(C)(C)C)sc(C(C)(C)C)c1C. The molecule has 1 aromatic rings. The van der Waals surface area contributed by atoms with E-state index < -0.39 is 0 Å². The van der Waals surface area contributed by atoms with Crippen LogP contribution in [0.3, 0.4) is 0 Å². The molecule has 0 aliphatic rings. The van der Waals surface area contributed by atoms with Gasteiger partial charge in [-0.1, -0.05) is 87.5 Å². The van der Waals surface area contributed by atoms with Gasteiger partial charge in [0.2, 0.25) is 0 Å². The Bertz CT molecular complexity index is 479. The van der Waals surface area contributed by atoms with E-state index in [-0.39, 0.29) is 10.8 Å². The molecule has 23 heavy (non-hydrogen) atoms. The summed E-state index contributed by atoms with van der Waals surface area (Å²) in [5.74, 6) is 0.851. The molecule has 0 amide bonds. The Kier molecular flexibility index (Phi) is 7.38. The van der Waals surface area contributed by atoms with Crippen LogP contribution in [-0.4, -0.2) is 0 Å². The van der Waals surface area contributed by atoms with Gasteiger partial charge in [0.05, 0.1) is 0 Å². The van der Waals surface area contributed by atoms with Crippen molar-refractivity contribution in [3.8, 4) is 0 Å². The lowest BCUT2D eigenvalue weighted by atomic mass is 9.82. The van der Waals surface area contributed by atoms with Crippen LogP contribution in [0.15, 0.2) is 0 Å². The monoisotopic (exact) mass is 336 g/mol. The molecule has 0 aliphatic carbocycles. The summed E-state index contributed by atoms with van der Waals surface area (Å²) in [5.41, 5.74) is 3.78.